The number of methoxy groups -OCH3 is 1. The molecule has 6 heteroatoms. The van der Waals surface area contributed by atoms with Gasteiger partial charge in [0.05, 0.1) is 7.11 Å². The average Bonchev–Trinajstić information content (AvgIpc) is 3.19. The van der Waals surface area contributed by atoms with Gasteiger partial charge in [-0.25, -0.2) is 0 Å². The number of aromatic nitrogens is 4. The molecular weight excluding hydrogens is 340 g/mol. The van der Waals surface area contributed by atoms with Crippen LogP contribution in [0, 0.1) is 19.3 Å². The van der Waals surface area contributed by atoms with Gasteiger partial charge in [0, 0.05) is 23.9 Å². The second-order valence-electron chi connectivity index (χ2n) is 8.29. The van der Waals surface area contributed by atoms with Gasteiger partial charge in [0.15, 0.2) is 5.69 Å². The summed E-state index contributed by atoms with van der Waals surface area (Å²) in [5.41, 5.74) is 6.63. The minimum atomic E-state index is 0.302. The van der Waals surface area contributed by atoms with Crippen LogP contribution in [0.4, 0.5) is 0 Å². The SMILES string of the molecule is COc1c(C)cc(-c2nnc(-c3nn(C)c4c3CCC(C)(C)C4)o2)cc1C. The Kier molecular flexibility index (Phi) is 4.09. The molecule has 142 valence electrons. The topological polar surface area (TPSA) is 66.0 Å². The van der Waals surface area contributed by atoms with Crippen LogP contribution >= 0.6 is 0 Å². The van der Waals surface area contributed by atoms with Crippen molar-refractivity contribution in [1.82, 2.24) is 20.0 Å². The second kappa shape index (κ2) is 6.22. The summed E-state index contributed by atoms with van der Waals surface area (Å²) < 4.78 is 13.4. The van der Waals surface area contributed by atoms with Crippen LogP contribution in [0.1, 0.15) is 42.7 Å². The lowest BCUT2D eigenvalue weighted by molar-refractivity contribution is 0.307. The van der Waals surface area contributed by atoms with E-state index in [1.54, 1.807) is 7.11 Å². The van der Waals surface area contributed by atoms with E-state index in [-0.39, 0.29) is 0 Å². The summed E-state index contributed by atoms with van der Waals surface area (Å²) in [6, 6.07) is 4.03. The van der Waals surface area contributed by atoms with Gasteiger partial charge in [-0.1, -0.05) is 13.8 Å². The molecule has 6 nitrogen and oxygen atoms in total. The minimum Gasteiger partial charge on any atom is -0.496 e. The van der Waals surface area contributed by atoms with E-state index in [2.05, 4.69) is 24.0 Å². The van der Waals surface area contributed by atoms with Crippen molar-refractivity contribution in [2.75, 3.05) is 7.11 Å². The zero-order valence-corrected chi connectivity index (χ0v) is 16.9. The summed E-state index contributed by atoms with van der Waals surface area (Å²) >= 11 is 0. The summed E-state index contributed by atoms with van der Waals surface area (Å²) in [6.07, 6.45) is 3.14. The van der Waals surface area contributed by atoms with Crippen molar-refractivity contribution in [3.63, 3.8) is 0 Å². The molecule has 2 aromatic heterocycles. The first-order valence-corrected chi connectivity index (χ1v) is 9.33. The molecule has 0 bridgehead atoms. The molecule has 0 amide bonds. The highest BCUT2D eigenvalue weighted by Gasteiger charge is 2.32. The van der Waals surface area contributed by atoms with Crippen molar-refractivity contribution in [2.24, 2.45) is 12.5 Å². The van der Waals surface area contributed by atoms with E-state index in [4.69, 9.17) is 14.3 Å². The Bertz CT molecular complexity index is 990. The van der Waals surface area contributed by atoms with E-state index >= 15 is 0 Å². The third kappa shape index (κ3) is 3.03. The van der Waals surface area contributed by atoms with Crippen LogP contribution in [0.15, 0.2) is 16.5 Å². The van der Waals surface area contributed by atoms with Gasteiger partial charge >= 0.3 is 0 Å². The van der Waals surface area contributed by atoms with Crippen molar-refractivity contribution in [1.29, 1.82) is 0 Å². The Balaban J connectivity index is 1.73. The van der Waals surface area contributed by atoms with E-state index in [1.807, 2.05) is 37.7 Å². The first kappa shape index (κ1) is 17.8. The molecule has 1 aromatic carbocycles. The monoisotopic (exact) mass is 366 g/mol. The summed E-state index contributed by atoms with van der Waals surface area (Å²) in [5.74, 6) is 1.89. The molecular formula is C21H26N4O2. The van der Waals surface area contributed by atoms with Crippen molar-refractivity contribution < 1.29 is 9.15 Å². The number of nitrogens with zero attached hydrogens (tertiary/aromatic N) is 4. The molecule has 3 aromatic rings. The lowest BCUT2D eigenvalue weighted by Gasteiger charge is -2.29. The van der Waals surface area contributed by atoms with Crippen LogP contribution < -0.4 is 4.74 Å². The number of rotatable bonds is 3. The highest BCUT2D eigenvalue weighted by atomic mass is 16.5. The molecule has 1 aliphatic carbocycles. The van der Waals surface area contributed by atoms with Crippen molar-refractivity contribution >= 4 is 0 Å². The fraction of sp³-hybridized carbons (Fsp3) is 0.476. The largest absolute Gasteiger partial charge is 0.496 e. The average molecular weight is 366 g/mol. The van der Waals surface area contributed by atoms with Gasteiger partial charge in [-0.15, -0.1) is 10.2 Å². The molecule has 0 saturated heterocycles. The maximum Gasteiger partial charge on any atom is 0.268 e. The number of hydrogen-bond acceptors (Lipinski definition) is 5. The molecule has 0 fully saturated rings. The van der Waals surface area contributed by atoms with Gasteiger partial charge in [-0.2, -0.15) is 5.10 Å². The van der Waals surface area contributed by atoms with Crippen LogP contribution in [-0.4, -0.2) is 27.1 Å². The van der Waals surface area contributed by atoms with Gasteiger partial charge in [0.2, 0.25) is 5.89 Å². The van der Waals surface area contributed by atoms with E-state index < -0.39 is 0 Å². The van der Waals surface area contributed by atoms with Crippen LogP contribution in [-0.2, 0) is 19.9 Å². The highest BCUT2D eigenvalue weighted by Crippen LogP contribution is 2.39. The zero-order valence-electron chi connectivity index (χ0n) is 16.9. The van der Waals surface area contributed by atoms with Crippen LogP contribution in [0.25, 0.3) is 23.0 Å². The van der Waals surface area contributed by atoms with E-state index in [1.165, 1.54) is 11.3 Å². The second-order valence-corrected chi connectivity index (χ2v) is 8.29. The molecule has 1 aliphatic rings. The highest BCUT2D eigenvalue weighted by molar-refractivity contribution is 5.62. The van der Waals surface area contributed by atoms with Gasteiger partial charge in [-0.3, -0.25) is 4.68 Å². The maximum absolute atomic E-state index is 6.03. The predicted octanol–water partition coefficient (Wildman–Crippen LogP) is 4.28. The van der Waals surface area contributed by atoms with Crippen molar-refractivity contribution in [2.45, 2.75) is 47.0 Å². The Labute approximate surface area is 159 Å². The maximum atomic E-state index is 6.03. The van der Waals surface area contributed by atoms with E-state index in [0.29, 0.717) is 17.2 Å². The number of fused-ring (bicyclic) bond motifs is 1. The van der Waals surface area contributed by atoms with Crippen LogP contribution in [0.5, 0.6) is 5.75 Å². The first-order valence-electron chi connectivity index (χ1n) is 9.33. The summed E-state index contributed by atoms with van der Waals surface area (Å²) in [4.78, 5) is 0. The van der Waals surface area contributed by atoms with Gasteiger partial charge in [0.1, 0.15) is 5.75 Å². The number of hydrogen-bond donors (Lipinski definition) is 0. The lowest BCUT2D eigenvalue weighted by Crippen LogP contribution is -2.23. The molecule has 0 atom stereocenters. The van der Waals surface area contributed by atoms with Crippen molar-refractivity contribution in [3.8, 4) is 28.8 Å². The Hall–Kier alpha value is -2.63. The van der Waals surface area contributed by atoms with Crippen LogP contribution in [0.3, 0.4) is 0 Å². The number of aryl methyl sites for hydroxylation is 3. The summed E-state index contributed by atoms with van der Waals surface area (Å²) in [7, 11) is 3.68. The van der Waals surface area contributed by atoms with Gasteiger partial charge < -0.3 is 9.15 Å². The van der Waals surface area contributed by atoms with E-state index in [0.717, 1.165) is 47.4 Å². The molecule has 2 heterocycles. The minimum absolute atomic E-state index is 0.302. The smallest absolute Gasteiger partial charge is 0.268 e. The van der Waals surface area contributed by atoms with Crippen molar-refractivity contribution in [3.05, 3.63) is 34.5 Å². The predicted molar refractivity (Wildman–Crippen MR) is 104 cm³/mol. The summed E-state index contributed by atoms with van der Waals surface area (Å²) in [6.45, 7) is 8.65. The molecule has 0 N–H and O–H groups in total. The molecule has 0 aliphatic heterocycles. The Morgan fingerprint density at radius 3 is 2.44 bits per heavy atom. The van der Waals surface area contributed by atoms with Crippen LogP contribution in [0.2, 0.25) is 0 Å². The lowest BCUT2D eigenvalue weighted by atomic mass is 9.76. The normalized spacial score (nSPS) is 15.6. The molecule has 4 rings (SSSR count). The summed E-state index contributed by atoms with van der Waals surface area (Å²) in [5, 5.41) is 13.3. The first-order chi connectivity index (χ1) is 12.8. The number of ether oxygens (including phenoxy) is 1. The fourth-order valence-corrected chi connectivity index (χ4v) is 4.09. The van der Waals surface area contributed by atoms with Gasteiger partial charge in [-0.05, 0) is 61.8 Å². The molecule has 0 spiro atoms. The molecule has 0 unspecified atom stereocenters. The third-order valence-electron chi connectivity index (χ3n) is 5.51. The van der Waals surface area contributed by atoms with Gasteiger partial charge in [0.25, 0.3) is 5.89 Å². The zero-order chi connectivity index (χ0) is 19.3. The molecule has 0 saturated carbocycles. The fourth-order valence-electron chi connectivity index (χ4n) is 4.09. The molecule has 27 heavy (non-hydrogen) atoms. The Morgan fingerprint density at radius 1 is 1.11 bits per heavy atom. The standard InChI is InChI=1S/C21H26N4O2/c1-12-9-14(10-13(2)18(12)26-6)19-22-23-20(27-19)17-15-7-8-21(3,4)11-16(15)25(5)24-17/h9-10H,7-8,11H2,1-6H3. The molecule has 0 radical (unpaired) electrons. The Morgan fingerprint density at radius 2 is 1.78 bits per heavy atom. The quantitative estimate of drug-likeness (QED) is 0.692. The number of benzene rings is 1. The third-order valence-corrected chi connectivity index (χ3v) is 5.51. The van der Waals surface area contributed by atoms with E-state index in [9.17, 15) is 0 Å².